The van der Waals surface area contributed by atoms with Gasteiger partial charge in [0.1, 0.15) is 11.5 Å². The van der Waals surface area contributed by atoms with Gasteiger partial charge < -0.3 is 9.64 Å². The largest absolute Gasteiger partial charge is 0.457 e. The molecule has 0 N–H and O–H groups in total. The van der Waals surface area contributed by atoms with Crippen molar-refractivity contribution in [2.24, 2.45) is 0 Å². The van der Waals surface area contributed by atoms with Crippen LogP contribution in [0.15, 0.2) is 54.6 Å². The second kappa shape index (κ2) is 7.27. The van der Waals surface area contributed by atoms with Crippen molar-refractivity contribution >= 4 is 15.7 Å². The monoisotopic (exact) mass is 359 g/mol. The normalized spacial score (nSPS) is 18.7. The summed E-state index contributed by atoms with van der Waals surface area (Å²) in [6.45, 7) is 2.32. The van der Waals surface area contributed by atoms with Crippen LogP contribution in [0.4, 0.5) is 0 Å². The van der Waals surface area contributed by atoms with E-state index in [-0.39, 0.29) is 23.5 Å². The van der Waals surface area contributed by atoms with Gasteiger partial charge in [-0.05, 0) is 37.6 Å². The number of hydrogen-bond donors (Lipinski definition) is 0. The maximum atomic E-state index is 13.0. The summed E-state index contributed by atoms with van der Waals surface area (Å²) in [4.78, 5) is 14.7. The molecular formula is C19H21NO4S. The van der Waals surface area contributed by atoms with Crippen molar-refractivity contribution in [2.45, 2.75) is 19.4 Å². The lowest BCUT2D eigenvalue weighted by atomic mass is 10.1. The minimum atomic E-state index is -3.05. The summed E-state index contributed by atoms with van der Waals surface area (Å²) < 4.78 is 29.4. The fraction of sp³-hybridized carbons (Fsp3) is 0.316. The molecule has 1 saturated heterocycles. The molecule has 0 spiro atoms. The molecule has 1 heterocycles. The number of rotatable bonds is 5. The predicted molar refractivity (Wildman–Crippen MR) is 96.7 cm³/mol. The van der Waals surface area contributed by atoms with E-state index in [0.717, 1.165) is 0 Å². The molecule has 1 aliphatic rings. The average Bonchev–Trinajstić information content (AvgIpc) is 2.96. The van der Waals surface area contributed by atoms with Crippen LogP contribution in [0.2, 0.25) is 0 Å². The first kappa shape index (κ1) is 17.5. The number of sulfone groups is 1. The van der Waals surface area contributed by atoms with Crippen LogP contribution in [0.1, 0.15) is 23.7 Å². The first-order valence-corrected chi connectivity index (χ1v) is 10.2. The van der Waals surface area contributed by atoms with Crippen LogP contribution in [-0.2, 0) is 9.84 Å². The summed E-state index contributed by atoms with van der Waals surface area (Å²) in [5, 5.41) is 0. The highest BCUT2D eigenvalue weighted by atomic mass is 32.2. The third kappa shape index (κ3) is 4.02. The number of nitrogens with zero attached hydrogens (tertiary/aromatic N) is 1. The number of carbonyl (C=O) groups is 1. The molecule has 0 saturated carbocycles. The minimum absolute atomic E-state index is 0.0360. The van der Waals surface area contributed by atoms with Crippen molar-refractivity contribution in [3.05, 3.63) is 60.2 Å². The van der Waals surface area contributed by atoms with Gasteiger partial charge in [-0.2, -0.15) is 0 Å². The van der Waals surface area contributed by atoms with Gasteiger partial charge in [0, 0.05) is 12.6 Å². The minimum Gasteiger partial charge on any atom is -0.457 e. The molecule has 0 aliphatic carbocycles. The van der Waals surface area contributed by atoms with Crippen LogP contribution in [-0.4, -0.2) is 43.3 Å². The molecule has 1 atom stereocenters. The lowest BCUT2D eigenvalue weighted by Crippen LogP contribution is -2.41. The zero-order valence-electron chi connectivity index (χ0n) is 14.1. The zero-order valence-corrected chi connectivity index (χ0v) is 14.9. The van der Waals surface area contributed by atoms with Gasteiger partial charge in [-0.15, -0.1) is 0 Å². The SMILES string of the molecule is CCN(C(=O)c1ccccc1Oc1ccccc1)C1CCS(=O)(=O)C1. The molecule has 0 aromatic heterocycles. The highest BCUT2D eigenvalue weighted by Crippen LogP contribution is 2.28. The number of para-hydroxylation sites is 2. The molecule has 2 aromatic rings. The zero-order chi connectivity index (χ0) is 17.9. The topological polar surface area (TPSA) is 63.7 Å². The van der Waals surface area contributed by atoms with Crippen molar-refractivity contribution in [3.8, 4) is 11.5 Å². The third-order valence-corrected chi connectivity index (χ3v) is 6.09. The number of ether oxygens (including phenoxy) is 1. The van der Waals surface area contributed by atoms with Crippen LogP contribution in [0.3, 0.4) is 0 Å². The van der Waals surface area contributed by atoms with Gasteiger partial charge >= 0.3 is 0 Å². The Labute approximate surface area is 148 Å². The van der Waals surface area contributed by atoms with Gasteiger partial charge in [-0.3, -0.25) is 4.79 Å². The Morgan fingerprint density at radius 2 is 1.80 bits per heavy atom. The van der Waals surface area contributed by atoms with Crippen molar-refractivity contribution in [3.63, 3.8) is 0 Å². The summed E-state index contributed by atoms with van der Waals surface area (Å²) in [6, 6.07) is 16.0. The molecule has 2 aromatic carbocycles. The first-order chi connectivity index (χ1) is 12.0. The van der Waals surface area contributed by atoms with E-state index < -0.39 is 9.84 Å². The van der Waals surface area contributed by atoms with E-state index in [0.29, 0.717) is 30.0 Å². The predicted octanol–water partition coefficient (Wildman–Crippen LogP) is 3.13. The summed E-state index contributed by atoms with van der Waals surface area (Å²) in [7, 11) is -3.05. The van der Waals surface area contributed by atoms with E-state index in [1.54, 1.807) is 23.1 Å². The Kier molecular flexibility index (Phi) is 5.08. The van der Waals surface area contributed by atoms with Gasteiger partial charge in [0.15, 0.2) is 9.84 Å². The number of benzene rings is 2. The van der Waals surface area contributed by atoms with Crippen molar-refractivity contribution in [2.75, 3.05) is 18.1 Å². The maximum absolute atomic E-state index is 13.0. The van der Waals surface area contributed by atoms with Crippen LogP contribution >= 0.6 is 0 Å². The van der Waals surface area contributed by atoms with Crippen molar-refractivity contribution < 1.29 is 17.9 Å². The van der Waals surface area contributed by atoms with Crippen LogP contribution < -0.4 is 4.74 Å². The van der Waals surface area contributed by atoms with E-state index in [9.17, 15) is 13.2 Å². The first-order valence-electron chi connectivity index (χ1n) is 8.33. The van der Waals surface area contributed by atoms with Gasteiger partial charge in [0.05, 0.1) is 17.1 Å². The molecule has 3 rings (SSSR count). The molecule has 132 valence electrons. The number of hydrogen-bond acceptors (Lipinski definition) is 4. The lowest BCUT2D eigenvalue weighted by Gasteiger charge is -2.27. The Bertz CT molecular complexity index is 849. The Balaban J connectivity index is 1.86. The second-order valence-corrected chi connectivity index (χ2v) is 8.29. The van der Waals surface area contributed by atoms with Crippen LogP contribution in [0.5, 0.6) is 11.5 Å². The van der Waals surface area contributed by atoms with Crippen molar-refractivity contribution in [1.82, 2.24) is 4.90 Å². The molecule has 0 radical (unpaired) electrons. The van der Waals surface area contributed by atoms with Crippen LogP contribution in [0.25, 0.3) is 0 Å². The highest BCUT2D eigenvalue weighted by Gasteiger charge is 2.34. The van der Waals surface area contributed by atoms with Gasteiger partial charge in [0.2, 0.25) is 0 Å². The molecular weight excluding hydrogens is 338 g/mol. The molecule has 6 heteroatoms. The molecule has 25 heavy (non-hydrogen) atoms. The molecule has 0 bridgehead atoms. The Hall–Kier alpha value is -2.34. The van der Waals surface area contributed by atoms with E-state index in [1.165, 1.54) is 0 Å². The van der Waals surface area contributed by atoms with Gasteiger partial charge in [-0.25, -0.2) is 8.42 Å². The summed E-state index contributed by atoms with van der Waals surface area (Å²) in [5.74, 6) is 1.10. The quantitative estimate of drug-likeness (QED) is 0.823. The molecule has 1 unspecified atom stereocenters. The summed E-state index contributed by atoms with van der Waals surface area (Å²) in [5.41, 5.74) is 0.442. The van der Waals surface area contributed by atoms with E-state index >= 15 is 0 Å². The highest BCUT2D eigenvalue weighted by molar-refractivity contribution is 7.91. The average molecular weight is 359 g/mol. The Morgan fingerprint density at radius 3 is 2.44 bits per heavy atom. The maximum Gasteiger partial charge on any atom is 0.257 e. The van der Waals surface area contributed by atoms with Crippen LogP contribution in [0, 0.1) is 0 Å². The van der Waals surface area contributed by atoms with E-state index in [2.05, 4.69) is 0 Å². The second-order valence-electron chi connectivity index (χ2n) is 6.06. The van der Waals surface area contributed by atoms with Gasteiger partial charge in [0.25, 0.3) is 5.91 Å². The summed E-state index contributed by atoms with van der Waals surface area (Å²) >= 11 is 0. The number of amides is 1. The third-order valence-electron chi connectivity index (χ3n) is 4.34. The van der Waals surface area contributed by atoms with Crippen molar-refractivity contribution in [1.29, 1.82) is 0 Å². The van der Waals surface area contributed by atoms with Gasteiger partial charge in [-0.1, -0.05) is 30.3 Å². The fourth-order valence-corrected chi connectivity index (χ4v) is 4.82. The molecule has 5 nitrogen and oxygen atoms in total. The standard InChI is InChI=1S/C19H21NO4S/c1-2-20(15-12-13-25(22,23)14-15)19(21)17-10-6-7-11-18(17)24-16-8-4-3-5-9-16/h3-11,15H,2,12-14H2,1H3. The van der Waals surface area contributed by atoms with E-state index in [1.807, 2.05) is 43.3 Å². The fourth-order valence-electron chi connectivity index (χ4n) is 3.09. The molecule has 1 fully saturated rings. The summed E-state index contributed by atoms with van der Waals surface area (Å²) in [6.07, 6.45) is 0.490. The Morgan fingerprint density at radius 1 is 1.12 bits per heavy atom. The van der Waals surface area contributed by atoms with E-state index in [4.69, 9.17) is 4.74 Å². The molecule has 1 aliphatic heterocycles. The lowest BCUT2D eigenvalue weighted by molar-refractivity contribution is 0.0706. The molecule has 1 amide bonds. The smallest absolute Gasteiger partial charge is 0.257 e. The number of carbonyl (C=O) groups excluding carboxylic acids is 1.